The topological polar surface area (TPSA) is 43.4 Å². The highest BCUT2D eigenvalue weighted by Gasteiger charge is 2.89. The molecule has 0 aromatic rings. The van der Waals surface area contributed by atoms with Gasteiger partial charge in [0.1, 0.15) is 11.4 Å². The molecule has 0 unspecified atom stereocenters. The van der Waals surface area contributed by atoms with Gasteiger partial charge < -0.3 is 4.74 Å². The summed E-state index contributed by atoms with van der Waals surface area (Å²) in [5, 5.41) is 0. The molecule has 0 saturated heterocycles. The molecule has 0 spiro atoms. The maximum Gasteiger partial charge on any atom is 0.303 e. The molecule has 3 heteroatoms. The van der Waals surface area contributed by atoms with E-state index in [-0.39, 0.29) is 23.4 Å². The van der Waals surface area contributed by atoms with Gasteiger partial charge in [0.25, 0.3) is 0 Å². The van der Waals surface area contributed by atoms with Gasteiger partial charge in [-0.1, -0.05) is 0 Å². The number of carbonyl (C=O) groups is 2. The van der Waals surface area contributed by atoms with Crippen LogP contribution in [0.3, 0.4) is 0 Å². The van der Waals surface area contributed by atoms with Crippen molar-refractivity contribution in [2.75, 3.05) is 0 Å². The molecule has 0 N–H and O–H groups in total. The number of ether oxygens (including phenoxy) is 1. The van der Waals surface area contributed by atoms with E-state index in [0.717, 1.165) is 30.1 Å². The predicted molar refractivity (Wildman–Crippen MR) is 60.1 cm³/mol. The summed E-state index contributed by atoms with van der Waals surface area (Å²) in [5.74, 6) is 5.55. The van der Waals surface area contributed by atoms with Crippen LogP contribution in [0.4, 0.5) is 0 Å². The Bertz CT molecular complexity index is 540. The fourth-order valence-electron chi connectivity index (χ4n) is 8.08. The van der Waals surface area contributed by atoms with Gasteiger partial charge in [0.2, 0.25) is 0 Å². The molecule has 10 atom stereocenters. The molecule has 94 valence electrons. The molecule has 0 radical (unpaired) electrons. The highest BCUT2D eigenvalue weighted by molar-refractivity contribution is 5.92. The van der Waals surface area contributed by atoms with E-state index < -0.39 is 0 Å². The lowest BCUT2D eigenvalue weighted by Gasteiger charge is -2.58. The summed E-state index contributed by atoms with van der Waals surface area (Å²) in [5.41, 5.74) is -0.343. The van der Waals surface area contributed by atoms with Crippen molar-refractivity contribution < 1.29 is 14.3 Å². The molecule has 2 bridgehead atoms. The smallest absolute Gasteiger partial charge is 0.303 e. The van der Waals surface area contributed by atoms with Crippen LogP contribution < -0.4 is 0 Å². The molecular weight excluding hydrogens is 228 g/mol. The van der Waals surface area contributed by atoms with Crippen LogP contribution in [0.25, 0.3) is 0 Å². The van der Waals surface area contributed by atoms with E-state index in [1.54, 1.807) is 0 Å². The molecule has 5 saturated carbocycles. The highest BCUT2D eigenvalue weighted by Crippen LogP contribution is 2.87. The molecule has 0 aromatic heterocycles. The number of hydrogen-bond donors (Lipinski definition) is 0. The molecule has 5 aliphatic carbocycles. The Morgan fingerprint density at radius 2 is 2.06 bits per heavy atom. The van der Waals surface area contributed by atoms with Gasteiger partial charge >= 0.3 is 5.97 Å². The minimum atomic E-state index is -0.343. The molecule has 3 nitrogen and oxygen atoms in total. The quantitative estimate of drug-likeness (QED) is 0.515. The molecule has 0 aliphatic heterocycles. The van der Waals surface area contributed by atoms with E-state index in [4.69, 9.17) is 4.74 Å². The van der Waals surface area contributed by atoms with E-state index in [0.29, 0.717) is 23.5 Å². The van der Waals surface area contributed by atoms with Crippen LogP contribution in [0.2, 0.25) is 0 Å². The predicted octanol–water partition coefficient (Wildman–Crippen LogP) is 1.26. The number of esters is 1. The van der Waals surface area contributed by atoms with Gasteiger partial charge in [-0.3, -0.25) is 9.59 Å². The van der Waals surface area contributed by atoms with Crippen LogP contribution in [0.1, 0.15) is 19.8 Å². The Morgan fingerprint density at radius 1 is 1.22 bits per heavy atom. The number of hydrogen-bond acceptors (Lipinski definition) is 3. The Morgan fingerprint density at radius 3 is 2.83 bits per heavy atom. The molecule has 0 amide bonds. The first-order valence-corrected chi connectivity index (χ1v) is 7.38. The number of rotatable bonds is 1. The molecule has 18 heavy (non-hydrogen) atoms. The summed E-state index contributed by atoms with van der Waals surface area (Å²) in [4.78, 5) is 24.2. The Labute approximate surface area is 105 Å². The summed E-state index contributed by atoms with van der Waals surface area (Å²) >= 11 is 0. The zero-order valence-electron chi connectivity index (χ0n) is 10.3. The lowest BCUT2D eigenvalue weighted by molar-refractivity contribution is -0.178. The van der Waals surface area contributed by atoms with Crippen molar-refractivity contribution in [2.45, 2.75) is 25.4 Å². The van der Waals surface area contributed by atoms with Crippen molar-refractivity contribution in [1.29, 1.82) is 0 Å². The largest absolute Gasteiger partial charge is 0.458 e. The van der Waals surface area contributed by atoms with E-state index in [2.05, 4.69) is 0 Å². The van der Waals surface area contributed by atoms with Gasteiger partial charge in [-0.25, -0.2) is 0 Å². The first kappa shape index (κ1) is 9.11. The van der Waals surface area contributed by atoms with Crippen LogP contribution >= 0.6 is 0 Å². The van der Waals surface area contributed by atoms with Gasteiger partial charge in [0, 0.05) is 18.8 Å². The summed E-state index contributed by atoms with van der Waals surface area (Å²) in [7, 11) is 0. The second kappa shape index (κ2) is 2.19. The summed E-state index contributed by atoms with van der Waals surface area (Å²) in [6.07, 6.45) is 2.28. The van der Waals surface area contributed by atoms with Crippen molar-refractivity contribution in [3.05, 3.63) is 0 Å². The summed E-state index contributed by atoms with van der Waals surface area (Å²) < 4.78 is 5.86. The zero-order chi connectivity index (χ0) is 12.0. The van der Waals surface area contributed by atoms with Crippen molar-refractivity contribution in [3.63, 3.8) is 0 Å². The lowest BCUT2D eigenvalue weighted by atomic mass is 9.45. The van der Waals surface area contributed by atoms with Crippen molar-refractivity contribution in [1.82, 2.24) is 0 Å². The van der Waals surface area contributed by atoms with Gasteiger partial charge in [-0.05, 0) is 48.3 Å². The SMILES string of the molecule is CC(=O)O[C@]12C[C@@H]3[C@@H]4[C@H]5C[C@@H]6[C@@H](C(=O)[C@@H]1[C@@H]3[C@H]64)[C@@H]52. The minimum Gasteiger partial charge on any atom is -0.458 e. The number of fused-ring (bicyclic) bond motifs is 14. The highest BCUT2D eigenvalue weighted by atomic mass is 16.6. The van der Waals surface area contributed by atoms with Crippen LogP contribution in [-0.4, -0.2) is 17.4 Å². The van der Waals surface area contributed by atoms with Crippen LogP contribution in [-0.2, 0) is 14.3 Å². The van der Waals surface area contributed by atoms with Crippen LogP contribution in [0, 0.1) is 53.3 Å². The van der Waals surface area contributed by atoms with E-state index >= 15 is 0 Å². The fraction of sp³-hybridized carbons (Fsp3) is 0.867. The Balaban J connectivity index is 1.64. The van der Waals surface area contributed by atoms with Crippen molar-refractivity contribution in [2.24, 2.45) is 53.3 Å². The monoisotopic (exact) mass is 244 g/mol. The minimum absolute atomic E-state index is 0.101. The van der Waals surface area contributed by atoms with Crippen molar-refractivity contribution >= 4 is 11.8 Å². The lowest BCUT2D eigenvalue weighted by Crippen LogP contribution is -2.58. The second-order valence-corrected chi connectivity index (χ2v) is 7.64. The van der Waals surface area contributed by atoms with Crippen LogP contribution in [0.15, 0.2) is 0 Å². The zero-order valence-corrected chi connectivity index (χ0v) is 10.3. The third kappa shape index (κ3) is 0.566. The molecule has 5 fully saturated rings. The first-order chi connectivity index (χ1) is 8.65. The maximum absolute atomic E-state index is 12.7. The number of ketones is 1. The number of carbonyl (C=O) groups excluding carboxylic acids is 2. The van der Waals surface area contributed by atoms with Gasteiger partial charge in [0.15, 0.2) is 0 Å². The third-order valence-electron chi connectivity index (χ3n) is 7.72. The van der Waals surface area contributed by atoms with E-state index in [1.165, 1.54) is 13.3 Å². The first-order valence-electron chi connectivity index (χ1n) is 7.38. The van der Waals surface area contributed by atoms with Gasteiger partial charge in [0.05, 0.1) is 5.92 Å². The third-order valence-corrected chi connectivity index (χ3v) is 7.72. The standard InChI is InChI=1S/C15H16O3/c1-4(16)18-15-3-7-8-6-2-5-9(8)10(7)13(15)14(17)11(5)12(6)15/h5-13H,2-3H2,1H3/t5-,6+,7+,8-,9+,10-,11+,12+,13-,15-/m0/s1. The van der Waals surface area contributed by atoms with Gasteiger partial charge in [-0.2, -0.15) is 0 Å². The summed E-state index contributed by atoms with van der Waals surface area (Å²) in [6.45, 7) is 1.51. The molecule has 5 aliphatic rings. The Hall–Kier alpha value is -0.860. The molecule has 0 heterocycles. The van der Waals surface area contributed by atoms with E-state index in [1.807, 2.05) is 0 Å². The number of Topliss-reactive ketones (excluding diaryl/α,β-unsaturated/α-hetero) is 1. The second-order valence-electron chi connectivity index (χ2n) is 7.64. The van der Waals surface area contributed by atoms with Crippen molar-refractivity contribution in [3.8, 4) is 0 Å². The molecular formula is C15H16O3. The van der Waals surface area contributed by atoms with Gasteiger partial charge in [-0.15, -0.1) is 0 Å². The normalized spacial score (nSPS) is 71.2. The fourth-order valence-corrected chi connectivity index (χ4v) is 8.08. The average molecular weight is 244 g/mol. The maximum atomic E-state index is 12.7. The van der Waals surface area contributed by atoms with Crippen LogP contribution in [0.5, 0.6) is 0 Å². The van der Waals surface area contributed by atoms with E-state index in [9.17, 15) is 9.59 Å². The molecule has 5 rings (SSSR count). The average Bonchev–Trinajstić information content (AvgIpc) is 2.89. The Kier molecular flexibility index (Phi) is 1.11. The summed E-state index contributed by atoms with van der Waals surface area (Å²) in [6, 6.07) is 0. The molecule has 0 aromatic carbocycles.